The highest BCUT2D eigenvalue weighted by Gasteiger charge is 2.48. The molecule has 2 aliphatic rings. The Labute approximate surface area is 178 Å². The number of hydrogen-bond acceptors (Lipinski definition) is 6. The van der Waals surface area contributed by atoms with E-state index in [9.17, 15) is 14.7 Å². The number of Topliss-reactive ketones (excluding diaryl/α,β-unsaturated/α-hetero) is 1. The van der Waals surface area contributed by atoms with Gasteiger partial charge in [-0.25, -0.2) is 0 Å². The Kier molecular flexibility index (Phi) is 4.51. The van der Waals surface area contributed by atoms with Crippen LogP contribution in [0.5, 0.6) is 11.5 Å². The third-order valence-corrected chi connectivity index (χ3v) is 5.39. The van der Waals surface area contributed by atoms with Gasteiger partial charge >= 0.3 is 0 Å². The number of hydrogen-bond donors (Lipinski definition) is 1. The average Bonchev–Trinajstić information content (AvgIpc) is 3.40. The van der Waals surface area contributed by atoms with Crippen molar-refractivity contribution in [1.82, 2.24) is 0 Å². The monoisotopic (exact) mass is 417 g/mol. The Bertz CT molecular complexity index is 1190. The van der Waals surface area contributed by atoms with Gasteiger partial charge in [0.1, 0.15) is 30.8 Å². The van der Waals surface area contributed by atoms with Gasteiger partial charge in [-0.15, -0.1) is 0 Å². The Hall–Kier alpha value is -4.00. The first-order valence-electron chi connectivity index (χ1n) is 9.85. The fourth-order valence-electron chi connectivity index (χ4n) is 3.86. The molecule has 1 amide bonds. The molecule has 0 radical (unpaired) electrons. The molecule has 2 aromatic carbocycles. The number of amides is 1. The fourth-order valence-corrected chi connectivity index (χ4v) is 3.86. The topological polar surface area (TPSA) is 89.2 Å². The third kappa shape index (κ3) is 3.15. The van der Waals surface area contributed by atoms with E-state index in [4.69, 9.17) is 13.9 Å². The van der Waals surface area contributed by atoms with Gasteiger partial charge in [-0.2, -0.15) is 0 Å². The molecule has 7 heteroatoms. The molecule has 1 atom stereocenters. The summed E-state index contributed by atoms with van der Waals surface area (Å²) in [6.45, 7) is 2.76. The molecule has 0 bridgehead atoms. The Morgan fingerprint density at radius 1 is 1.00 bits per heavy atom. The number of aryl methyl sites for hydroxylation is 1. The van der Waals surface area contributed by atoms with Crippen molar-refractivity contribution in [3.8, 4) is 11.5 Å². The van der Waals surface area contributed by atoms with E-state index in [-0.39, 0.29) is 11.3 Å². The summed E-state index contributed by atoms with van der Waals surface area (Å²) in [5.41, 5.74) is 1.87. The summed E-state index contributed by atoms with van der Waals surface area (Å²) in [5, 5.41) is 11.0. The molecule has 1 unspecified atom stereocenters. The van der Waals surface area contributed by atoms with Crippen LogP contribution in [0.3, 0.4) is 0 Å². The molecule has 31 heavy (non-hydrogen) atoms. The van der Waals surface area contributed by atoms with Crippen LogP contribution < -0.4 is 14.4 Å². The van der Waals surface area contributed by atoms with E-state index in [1.54, 1.807) is 42.5 Å². The van der Waals surface area contributed by atoms with Crippen LogP contribution in [0.1, 0.15) is 22.9 Å². The van der Waals surface area contributed by atoms with E-state index in [1.165, 1.54) is 11.2 Å². The summed E-state index contributed by atoms with van der Waals surface area (Å²) in [4.78, 5) is 27.5. The van der Waals surface area contributed by atoms with Gasteiger partial charge in [0.2, 0.25) is 0 Å². The molecule has 7 nitrogen and oxygen atoms in total. The normalized spacial score (nSPS) is 19.6. The van der Waals surface area contributed by atoms with Gasteiger partial charge in [-0.1, -0.05) is 29.8 Å². The van der Waals surface area contributed by atoms with Gasteiger partial charge < -0.3 is 19.0 Å². The zero-order valence-corrected chi connectivity index (χ0v) is 16.7. The summed E-state index contributed by atoms with van der Waals surface area (Å²) in [7, 11) is 0. The van der Waals surface area contributed by atoms with Crippen molar-refractivity contribution >= 4 is 23.1 Å². The van der Waals surface area contributed by atoms with Gasteiger partial charge in [-0.05, 0) is 31.2 Å². The molecule has 1 aromatic heterocycles. The van der Waals surface area contributed by atoms with Crippen molar-refractivity contribution < 1.29 is 28.6 Å². The van der Waals surface area contributed by atoms with Crippen LogP contribution in [0.4, 0.5) is 5.69 Å². The molecule has 3 heterocycles. The first-order chi connectivity index (χ1) is 15.0. The number of nitrogens with zero attached hydrogens (tertiary/aromatic N) is 1. The van der Waals surface area contributed by atoms with E-state index in [1.807, 2.05) is 19.1 Å². The van der Waals surface area contributed by atoms with Gasteiger partial charge in [0.05, 0.1) is 11.8 Å². The second-order valence-electron chi connectivity index (χ2n) is 7.38. The number of ether oxygens (including phenoxy) is 2. The number of carbonyl (C=O) groups excluding carboxylic acids is 2. The number of benzene rings is 2. The Morgan fingerprint density at radius 2 is 1.74 bits per heavy atom. The quantitative estimate of drug-likeness (QED) is 0.394. The lowest BCUT2D eigenvalue weighted by Gasteiger charge is -2.25. The number of carbonyl (C=O) groups is 2. The Morgan fingerprint density at radius 3 is 2.45 bits per heavy atom. The van der Waals surface area contributed by atoms with Crippen molar-refractivity contribution in [2.75, 3.05) is 18.1 Å². The van der Waals surface area contributed by atoms with E-state index in [2.05, 4.69) is 0 Å². The molecular weight excluding hydrogens is 398 g/mol. The molecule has 3 aromatic rings. The smallest absolute Gasteiger partial charge is 0.300 e. The molecule has 0 spiro atoms. The highest BCUT2D eigenvalue weighted by molar-refractivity contribution is 6.51. The Balaban J connectivity index is 1.67. The number of fused-ring (bicyclic) bond motifs is 1. The molecule has 1 fully saturated rings. The number of ketones is 1. The predicted octanol–water partition coefficient (Wildman–Crippen LogP) is 3.99. The third-order valence-electron chi connectivity index (χ3n) is 5.39. The lowest BCUT2D eigenvalue weighted by molar-refractivity contribution is -0.132. The summed E-state index contributed by atoms with van der Waals surface area (Å²) in [6.07, 6.45) is 1.46. The number of anilines is 1. The second kappa shape index (κ2) is 7.36. The van der Waals surface area contributed by atoms with E-state index < -0.39 is 17.7 Å². The SMILES string of the molecule is Cc1ccc(/C(O)=C2/C(=O)C(=O)N(c3ccc4c(c3)OCCO4)C2c2ccco2)cc1. The standard InChI is InChI=1S/C24H19NO6/c1-14-4-6-15(7-5-14)22(26)20-21(18-3-2-10-29-18)25(24(28)23(20)27)16-8-9-17-19(13-16)31-12-11-30-17/h2-10,13,21,26H,11-12H2,1H3/b22-20-. The molecule has 156 valence electrons. The summed E-state index contributed by atoms with van der Waals surface area (Å²) in [5.74, 6) is -0.369. The molecule has 0 aliphatic carbocycles. The molecule has 1 saturated heterocycles. The zero-order chi connectivity index (χ0) is 21.5. The van der Waals surface area contributed by atoms with Crippen LogP contribution in [-0.4, -0.2) is 30.0 Å². The van der Waals surface area contributed by atoms with Crippen LogP contribution >= 0.6 is 0 Å². The van der Waals surface area contributed by atoms with Gasteiger partial charge in [0.25, 0.3) is 11.7 Å². The summed E-state index contributed by atoms with van der Waals surface area (Å²) >= 11 is 0. The maximum Gasteiger partial charge on any atom is 0.300 e. The maximum absolute atomic E-state index is 13.1. The second-order valence-corrected chi connectivity index (χ2v) is 7.38. The molecule has 2 aliphatic heterocycles. The highest BCUT2D eigenvalue weighted by atomic mass is 16.6. The number of aliphatic hydroxyl groups excluding tert-OH is 1. The van der Waals surface area contributed by atoms with Crippen molar-refractivity contribution in [2.24, 2.45) is 0 Å². The minimum atomic E-state index is -0.918. The van der Waals surface area contributed by atoms with Crippen molar-refractivity contribution in [3.63, 3.8) is 0 Å². The van der Waals surface area contributed by atoms with Gasteiger partial charge in [-0.3, -0.25) is 14.5 Å². The lowest BCUT2D eigenvalue weighted by Crippen LogP contribution is -2.29. The van der Waals surface area contributed by atoms with E-state index in [0.29, 0.717) is 41.7 Å². The zero-order valence-electron chi connectivity index (χ0n) is 16.7. The highest BCUT2D eigenvalue weighted by Crippen LogP contribution is 2.44. The van der Waals surface area contributed by atoms with Crippen molar-refractivity contribution in [1.29, 1.82) is 0 Å². The van der Waals surface area contributed by atoms with E-state index >= 15 is 0 Å². The fraction of sp³-hybridized carbons (Fsp3) is 0.167. The predicted molar refractivity (Wildman–Crippen MR) is 112 cm³/mol. The van der Waals surface area contributed by atoms with E-state index in [0.717, 1.165) is 5.56 Å². The lowest BCUT2D eigenvalue weighted by atomic mass is 9.98. The van der Waals surface area contributed by atoms with Gasteiger partial charge in [0, 0.05) is 17.3 Å². The first-order valence-corrected chi connectivity index (χ1v) is 9.85. The first kappa shape index (κ1) is 19.0. The maximum atomic E-state index is 13.1. The van der Waals surface area contributed by atoms with Crippen LogP contribution in [-0.2, 0) is 9.59 Å². The number of rotatable bonds is 3. The number of furan rings is 1. The van der Waals surface area contributed by atoms with Crippen LogP contribution in [0.2, 0.25) is 0 Å². The molecule has 1 N–H and O–H groups in total. The average molecular weight is 417 g/mol. The number of aliphatic hydroxyl groups is 1. The molecule has 5 rings (SSSR count). The molecular formula is C24H19NO6. The van der Waals surface area contributed by atoms with Crippen LogP contribution in [0.25, 0.3) is 5.76 Å². The van der Waals surface area contributed by atoms with Crippen LogP contribution in [0, 0.1) is 6.92 Å². The minimum Gasteiger partial charge on any atom is -0.507 e. The minimum absolute atomic E-state index is 0.0290. The summed E-state index contributed by atoms with van der Waals surface area (Å²) in [6, 6.07) is 14.5. The molecule has 0 saturated carbocycles. The summed E-state index contributed by atoms with van der Waals surface area (Å²) < 4.78 is 16.8. The van der Waals surface area contributed by atoms with Gasteiger partial charge in [0.15, 0.2) is 11.5 Å². The largest absolute Gasteiger partial charge is 0.507 e. The van der Waals surface area contributed by atoms with Crippen molar-refractivity contribution in [3.05, 3.63) is 83.3 Å². The van der Waals surface area contributed by atoms with Crippen LogP contribution in [0.15, 0.2) is 70.9 Å². The van der Waals surface area contributed by atoms with Crippen molar-refractivity contribution in [2.45, 2.75) is 13.0 Å².